The first-order valence-electron chi connectivity index (χ1n) is 7.42. The van der Waals surface area contributed by atoms with Crippen LogP contribution in [0, 0.1) is 13.8 Å². The van der Waals surface area contributed by atoms with Gasteiger partial charge in [-0.05, 0) is 44.0 Å². The normalized spacial score (nSPS) is 11.0. The molecule has 0 aliphatic rings. The summed E-state index contributed by atoms with van der Waals surface area (Å²) in [5.41, 5.74) is 3.66. The number of aromatic nitrogens is 1. The van der Waals surface area contributed by atoms with Crippen LogP contribution in [0.5, 0.6) is 0 Å². The maximum Gasteiger partial charge on any atom is 0.194 e. The maximum atomic E-state index is 5.83. The number of nitrogens with zero attached hydrogens (tertiary/aromatic N) is 1. The Kier molecular flexibility index (Phi) is 5.96. The Morgan fingerprint density at radius 2 is 2.05 bits per heavy atom. The molecule has 1 aromatic carbocycles. The number of oxazole rings is 1. The van der Waals surface area contributed by atoms with Crippen LogP contribution in [0.2, 0.25) is 0 Å². The first kappa shape index (κ1) is 15.7. The van der Waals surface area contributed by atoms with E-state index in [1.807, 2.05) is 6.20 Å². The van der Waals surface area contributed by atoms with Gasteiger partial charge in [0.05, 0.1) is 12.8 Å². The average molecular weight is 288 g/mol. The number of aryl methyl sites for hydroxylation is 3. The fraction of sp³-hybridized carbons (Fsp3) is 0.471. The van der Waals surface area contributed by atoms with Gasteiger partial charge in [0.15, 0.2) is 11.7 Å². The van der Waals surface area contributed by atoms with Crippen molar-refractivity contribution in [2.45, 2.75) is 26.7 Å². The largest absolute Gasteiger partial charge is 0.441 e. The van der Waals surface area contributed by atoms with E-state index in [-0.39, 0.29) is 0 Å². The Balaban J connectivity index is 1.85. The van der Waals surface area contributed by atoms with Crippen LogP contribution in [0.4, 0.5) is 0 Å². The second kappa shape index (κ2) is 7.96. The van der Waals surface area contributed by atoms with Crippen molar-refractivity contribution in [3.05, 3.63) is 41.4 Å². The summed E-state index contributed by atoms with van der Waals surface area (Å²) in [7, 11) is 1.71. The van der Waals surface area contributed by atoms with Crippen molar-refractivity contribution in [1.82, 2.24) is 10.3 Å². The Labute approximate surface area is 126 Å². The molecular formula is C17H24N2O2. The molecule has 1 N–H and O–H groups in total. The van der Waals surface area contributed by atoms with E-state index in [0.717, 1.165) is 49.8 Å². The van der Waals surface area contributed by atoms with Gasteiger partial charge >= 0.3 is 0 Å². The van der Waals surface area contributed by atoms with E-state index in [4.69, 9.17) is 9.15 Å². The highest BCUT2D eigenvalue weighted by Crippen LogP contribution is 2.23. The van der Waals surface area contributed by atoms with Gasteiger partial charge in [0.1, 0.15) is 0 Å². The highest BCUT2D eigenvalue weighted by Gasteiger charge is 2.07. The first-order valence-corrected chi connectivity index (χ1v) is 7.42. The summed E-state index contributed by atoms with van der Waals surface area (Å²) in [4.78, 5) is 4.36. The quantitative estimate of drug-likeness (QED) is 0.758. The van der Waals surface area contributed by atoms with Crippen molar-refractivity contribution < 1.29 is 9.15 Å². The third-order valence-electron chi connectivity index (χ3n) is 3.57. The number of hydrogen-bond donors (Lipinski definition) is 1. The van der Waals surface area contributed by atoms with E-state index in [1.165, 1.54) is 11.1 Å². The van der Waals surface area contributed by atoms with E-state index in [0.29, 0.717) is 0 Å². The Morgan fingerprint density at radius 1 is 1.19 bits per heavy atom. The molecule has 0 saturated carbocycles. The van der Waals surface area contributed by atoms with Gasteiger partial charge in [0.25, 0.3) is 0 Å². The van der Waals surface area contributed by atoms with Gasteiger partial charge in [-0.15, -0.1) is 0 Å². The second-order valence-corrected chi connectivity index (χ2v) is 5.26. The standard InChI is InChI=1S/C17H24N2O2/c1-13-6-7-15(11-14(13)2)16-12-19-17(21-16)5-4-8-18-9-10-20-3/h6-7,11-12,18H,4-5,8-10H2,1-3H3. The van der Waals surface area contributed by atoms with Crippen molar-refractivity contribution >= 4 is 0 Å². The molecule has 2 aromatic rings. The van der Waals surface area contributed by atoms with Gasteiger partial charge in [-0.3, -0.25) is 0 Å². The molecule has 21 heavy (non-hydrogen) atoms. The first-order chi connectivity index (χ1) is 10.2. The highest BCUT2D eigenvalue weighted by atomic mass is 16.5. The third kappa shape index (κ3) is 4.69. The maximum absolute atomic E-state index is 5.83. The lowest BCUT2D eigenvalue weighted by molar-refractivity contribution is 0.199. The lowest BCUT2D eigenvalue weighted by Gasteiger charge is -2.03. The van der Waals surface area contributed by atoms with Gasteiger partial charge in [0.2, 0.25) is 0 Å². The van der Waals surface area contributed by atoms with Gasteiger partial charge in [-0.1, -0.05) is 12.1 Å². The lowest BCUT2D eigenvalue weighted by Crippen LogP contribution is -2.20. The molecule has 1 aromatic heterocycles. The predicted molar refractivity (Wildman–Crippen MR) is 84.5 cm³/mol. The fourth-order valence-corrected chi connectivity index (χ4v) is 2.12. The fourth-order valence-electron chi connectivity index (χ4n) is 2.12. The Hall–Kier alpha value is -1.65. The summed E-state index contributed by atoms with van der Waals surface area (Å²) < 4.78 is 10.8. The predicted octanol–water partition coefficient (Wildman–Crippen LogP) is 3.13. The summed E-state index contributed by atoms with van der Waals surface area (Å²) in [6.07, 6.45) is 3.68. The van der Waals surface area contributed by atoms with Crippen LogP contribution in [-0.2, 0) is 11.2 Å². The van der Waals surface area contributed by atoms with Gasteiger partial charge < -0.3 is 14.5 Å². The number of benzene rings is 1. The Bertz CT molecular complexity index is 564. The topological polar surface area (TPSA) is 47.3 Å². The molecule has 0 bridgehead atoms. The summed E-state index contributed by atoms with van der Waals surface area (Å²) in [6, 6.07) is 6.34. The zero-order valence-electron chi connectivity index (χ0n) is 13.1. The molecule has 0 atom stereocenters. The zero-order valence-corrected chi connectivity index (χ0v) is 13.1. The summed E-state index contributed by atoms with van der Waals surface area (Å²) in [6.45, 7) is 6.81. The second-order valence-electron chi connectivity index (χ2n) is 5.26. The van der Waals surface area contributed by atoms with Crippen molar-refractivity contribution in [2.75, 3.05) is 26.8 Å². The Morgan fingerprint density at radius 3 is 2.81 bits per heavy atom. The molecule has 1 heterocycles. The van der Waals surface area contributed by atoms with E-state index >= 15 is 0 Å². The van der Waals surface area contributed by atoms with Gasteiger partial charge in [-0.25, -0.2) is 4.98 Å². The van der Waals surface area contributed by atoms with Crippen LogP contribution in [0.25, 0.3) is 11.3 Å². The molecule has 0 aliphatic heterocycles. The molecule has 114 valence electrons. The van der Waals surface area contributed by atoms with E-state index in [2.05, 4.69) is 42.3 Å². The molecule has 0 unspecified atom stereocenters. The number of rotatable bonds is 8. The molecule has 0 fully saturated rings. The van der Waals surface area contributed by atoms with E-state index in [1.54, 1.807) is 7.11 Å². The summed E-state index contributed by atoms with van der Waals surface area (Å²) in [5, 5.41) is 3.31. The molecular weight excluding hydrogens is 264 g/mol. The minimum atomic E-state index is 0.746. The number of nitrogens with one attached hydrogen (secondary N) is 1. The van der Waals surface area contributed by atoms with Crippen molar-refractivity contribution in [1.29, 1.82) is 0 Å². The SMILES string of the molecule is COCCNCCCc1ncc(-c2ccc(C)c(C)c2)o1. The van der Waals surface area contributed by atoms with Crippen LogP contribution in [-0.4, -0.2) is 31.8 Å². The number of methoxy groups -OCH3 is 1. The molecule has 4 heteroatoms. The smallest absolute Gasteiger partial charge is 0.194 e. The lowest BCUT2D eigenvalue weighted by atomic mass is 10.1. The van der Waals surface area contributed by atoms with Crippen LogP contribution < -0.4 is 5.32 Å². The molecule has 4 nitrogen and oxygen atoms in total. The molecule has 0 amide bonds. The van der Waals surface area contributed by atoms with Crippen LogP contribution in [0.1, 0.15) is 23.4 Å². The van der Waals surface area contributed by atoms with Crippen LogP contribution in [0.15, 0.2) is 28.8 Å². The minimum Gasteiger partial charge on any atom is -0.441 e. The summed E-state index contributed by atoms with van der Waals surface area (Å²) >= 11 is 0. The molecule has 2 rings (SSSR count). The van der Waals surface area contributed by atoms with Crippen molar-refractivity contribution in [3.8, 4) is 11.3 Å². The van der Waals surface area contributed by atoms with Crippen molar-refractivity contribution in [3.63, 3.8) is 0 Å². The van der Waals surface area contributed by atoms with Crippen LogP contribution in [0.3, 0.4) is 0 Å². The zero-order chi connectivity index (χ0) is 15.1. The molecule has 0 aliphatic carbocycles. The molecule has 0 radical (unpaired) electrons. The average Bonchev–Trinajstić information content (AvgIpc) is 2.94. The number of hydrogen-bond acceptors (Lipinski definition) is 4. The van der Waals surface area contributed by atoms with E-state index in [9.17, 15) is 0 Å². The van der Waals surface area contributed by atoms with Gasteiger partial charge in [0, 0.05) is 25.6 Å². The monoisotopic (exact) mass is 288 g/mol. The minimum absolute atomic E-state index is 0.746. The van der Waals surface area contributed by atoms with Gasteiger partial charge in [-0.2, -0.15) is 0 Å². The van der Waals surface area contributed by atoms with E-state index < -0.39 is 0 Å². The highest BCUT2D eigenvalue weighted by molar-refractivity contribution is 5.58. The molecule has 0 spiro atoms. The van der Waals surface area contributed by atoms with Crippen LogP contribution >= 0.6 is 0 Å². The summed E-state index contributed by atoms with van der Waals surface area (Å²) in [5.74, 6) is 1.65. The molecule has 0 saturated heterocycles. The third-order valence-corrected chi connectivity index (χ3v) is 3.57. The van der Waals surface area contributed by atoms with Crippen molar-refractivity contribution in [2.24, 2.45) is 0 Å². The number of ether oxygens (including phenoxy) is 1.